The minimum atomic E-state index is -4.52. The predicted octanol–water partition coefficient (Wildman–Crippen LogP) is 3.69. The second-order valence-corrected chi connectivity index (χ2v) is 7.67. The molecule has 0 saturated carbocycles. The van der Waals surface area contributed by atoms with E-state index in [9.17, 15) is 17.7 Å². The van der Waals surface area contributed by atoms with Gasteiger partial charge in [-0.15, -0.1) is 4.72 Å². The van der Waals surface area contributed by atoms with Crippen LogP contribution in [0.4, 0.5) is 13.2 Å². The van der Waals surface area contributed by atoms with Crippen LogP contribution in [0.15, 0.2) is 18.2 Å². The Morgan fingerprint density at radius 3 is 2.24 bits per heavy atom. The SMILES string of the molecule is C[C@@H](N[S@+]([O-])C(C)(C)C)c1cc(C#N)cc(C(F)(F)F)c1. The van der Waals surface area contributed by atoms with Crippen LogP contribution in [0.3, 0.4) is 0 Å². The van der Waals surface area contributed by atoms with E-state index in [0.717, 1.165) is 12.1 Å². The zero-order valence-electron chi connectivity index (χ0n) is 12.2. The maximum atomic E-state index is 12.8. The molecule has 0 unspecified atom stereocenters. The van der Waals surface area contributed by atoms with Crippen LogP contribution in [-0.4, -0.2) is 9.30 Å². The number of nitrogens with zero attached hydrogens (tertiary/aromatic N) is 1. The number of alkyl halides is 3. The van der Waals surface area contributed by atoms with Gasteiger partial charge in [-0.3, -0.25) is 0 Å². The first-order valence-corrected chi connectivity index (χ1v) is 7.40. The Labute approximate surface area is 125 Å². The van der Waals surface area contributed by atoms with Gasteiger partial charge in [0.2, 0.25) is 0 Å². The highest BCUT2D eigenvalue weighted by molar-refractivity contribution is 7.90. The molecule has 2 atom stereocenters. The largest absolute Gasteiger partial charge is 0.598 e. The first-order valence-electron chi connectivity index (χ1n) is 6.25. The average Bonchev–Trinajstić information content (AvgIpc) is 2.35. The van der Waals surface area contributed by atoms with Crippen LogP contribution in [0.5, 0.6) is 0 Å². The Morgan fingerprint density at radius 1 is 1.24 bits per heavy atom. The molecule has 0 bridgehead atoms. The maximum absolute atomic E-state index is 12.8. The Morgan fingerprint density at radius 2 is 1.81 bits per heavy atom. The number of halogens is 3. The van der Waals surface area contributed by atoms with Crippen molar-refractivity contribution in [2.24, 2.45) is 0 Å². The molecule has 3 nitrogen and oxygen atoms in total. The molecule has 0 radical (unpaired) electrons. The van der Waals surface area contributed by atoms with Crippen LogP contribution in [-0.2, 0) is 17.5 Å². The van der Waals surface area contributed by atoms with Crippen LogP contribution >= 0.6 is 0 Å². The van der Waals surface area contributed by atoms with E-state index in [-0.39, 0.29) is 11.1 Å². The van der Waals surface area contributed by atoms with Gasteiger partial charge in [0.1, 0.15) is 4.75 Å². The normalized spacial score (nSPS) is 15.4. The predicted molar refractivity (Wildman–Crippen MR) is 75.6 cm³/mol. The van der Waals surface area contributed by atoms with Gasteiger partial charge in [0.25, 0.3) is 0 Å². The van der Waals surface area contributed by atoms with E-state index in [1.54, 1.807) is 33.8 Å². The van der Waals surface area contributed by atoms with Gasteiger partial charge in [0, 0.05) is 11.4 Å². The fraction of sp³-hybridized carbons (Fsp3) is 0.500. The lowest BCUT2D eigenvalue weighted by molar-refractivity contribution is -0.137. The number of hydrogen-bond acceptors (Lipinski definition) is 3. The molecular weight excluding hydrogens is 301 g/mol. The van der Waals surface area contributed by atoms with E-state index in [4.69, 9.17) is 5.26 Å². The van der Waals surface area contributed by atoms with Gasteiger partial charge in [-0.1, -0.05) is 0 Å². The maximum Gasteiger partial charge on any atom is 0.416 e. The van der Waals surface area contributed by atoms with Gasteiger partial charge in [-0.05, 0) is 51.5 Å². The van der Waals surface area contributed by atoms with Gasteiger partial charge in [0.05, 0.1) is 23.2 Å². The molecule has 1 N–H and O–H groups in total. The van der Waals surface area contributed by atoms with Crippen molar-refractivity contribution in [2.75, 3.05) is 0 Å². The zero-order valence-corrected chi connectivity index (χ0v) is 13.0. The van der Waals surface area contributed by atoms with Crippen molar-refractivity contribution in [3.63, 3.8) is 0 Å². The van der Waals surface area contributed by atoms with Gasteiger partial charge in [-0.2, -0.15) is 18.4 Å². The zero-order chi connectivity index (χ0) is 16.4. The second-order valence-electron chi connectivity index (χ2n) is 5.67. The molecule has 1 aromatic carbocycles. The molecule has 116 valence electrons. The number of nitrogens with one attached hydrogen (secondary N) is 1. The third-order valence-corrected chi connectivity index (χ3v) is 4.43. The fourth-order valence-electron chi connectivity index (χ4n) is 1.54. The molecule has 0 aromatic heterocycles. The summed E-state index contributed by atoms with van der Waals surface area (Å²) in [4.78, 5) is 0. The molecule has 21 heavy (non-hydrogen) atoms. The van der Waals surface area contributed by atoms with Crippen molar-refractivity contribution in [2.45, 2.75) is 44.7 Å². The lowest BCUT2D eigenvalue weighted by Gasteiger charge is -2.26. The van der Waals surface area contributed by atoms with Gasteiger partial charge < -0.3 is 4.55 Å². The van der Waals surface area contributed by atoms with Crippen LogP contribution < -0.4 is 4.72 Å². The van der Waals surface area contributed by atoms with Crippen molar-refractivity contribution >= 4 is 11.4 Å². The Hall–Kier alpha value is -1.23. The number of nitriles is 1. The molecule has 7 heteroatoms. The van der Waals surface area contributed by atoms with E-state index in [0.29, 0.717) is 0 Å². The smallest absolute Gasteiger partial charge is 0.416 e. The van der Waals surface area contributed by atoms with E-state index in [1.165, 1.54) is 6.07 Å². The molecule has 0 saturated heterocycles. The molecule has 0 fully saturated rings. The Bertz CT molecular complexity index is 547. The average molecular weight is 318 g/mol. The quantitative estimate of drug-likeness (QED) is 0.865. The van der Waals surface area contributed by atoms with Crippen molar-refractivity contribution < 1.29 is 17.7 Å². The Kier molecular flexibility index (Phi) is 5.31. The summed E-state index contributed by atoms with van der Waals surface area (Å²) in [5.74, 6) is 0. The molecule has 1 rings (SSSR count). The van der Waals surface area contributed by atoms with Crippen LogP contribution in [0.25, 0.3) is 0 Å². The highest BCUT2D eigenvalue weighted by atomic mass is 32.2. The fourth-order valence-corrected chi connectivity index (χ4v) is 2.35. The molecule has 0 aliphatic heterocycles. The summed E-state index contributed by atoms with van der Waals surface area (Å²) >= 11 is -1.42. The van der Waals surface area contributed by atoms with E-state index < -0.39 is 33.9 Å². The van der Waals surface area contributed by atoms with E-state index >= 15 is 0 Å². The summed E-state index contributed by atoms with van der Waals surface area (Å²) in [5.41, 5.74) is -0.680. The van der Waals surface area contributed by atoms with E-state index in [2.05, 4.69) is 4.72 Å². The standard InChI is InChI=1S/C14H17F3N2OS/c1-9(19-21(20)13(2,3)4)11-5-10(8-18)6-12(7-11)14(15,16)17/h5-7,9,19H,1-4H3/t9-,21-/m1/s1. The minimum Gasteiger partial charge on any atom is -0.598 e. The summed E-state index contributed by atoms with van der Waals surface area (Å²) in [6.07, 6.45) is -4.52. The van der Waals surface area contributed by atoms with Crippen LogP contribution in [0.2, 0.25) is 0 Å². The van der Waals surface area contributed by atoms with Crippen molar-refractivity contribution in [1.82, 2.24) is 4.72 Å². The number of rotatable bonds is 3. The van der Waals surface area contributed by atoms with Crippen molar-refractivity contribution in [1.29, 1.82) is 5.26 Å². The van der Waals surface area contributed by atoms with Gasteiger partial charge in [-0.25, -0.2) is 0 Å². The number of benzene rings is 1. The van der Waals surface area contributed by atoms with Gasteiger partial charge >= 0.3 is 6.18 Å². The third kappa shape index (κ3) is 4.92. The minimum absolute atomic E-state index is 0.0741. The second kappa shape index (κ2) is 6.26. The Balaban J connectivity index is 3.10. The molecule has 0 spiro atoms. The van der Waals surface area contributed by atoms with Crippen LogP contribution in [0.1, 0.15) is 50.4 Å². The lowest BCUT2D eigenvalue weighted by atomic mass is 10.0. The van der Waals surface area contributed by atoms with Crippen molar-refractivity contribution in [3.8, 4) is 6.07 Å². The first-order chi connectivity index (χ1) is 9.45. The van der Waals surface area contributed by atoms with E-state index in [1.807, 2.05) is 0 Å². The molecular formula is C14H17F3N2OS. The van der Waals surface area contributed by atoms with Gasteiger partial charge in [0.15, 0.2) is 0 Å². The summed E-state index contributed by atoms with van der Waals surface area (Å²) in [6.45, 7) is 6.89. The molecule has 1 aromatic rings. The molecule has 0 aliphatic carbocycles. The highest BCUT2D eigenvalue weighted by Crippen LogP contribution is 2.32. The third-order valence-electron chi connectivity index (χ3n) is 2.75. The lowest BCUT2D eigenvalue weighted by Crippen LogP contribution is -2.40. The monoisotopic (exact) mass is 318 g/mol. The first kappa shape index (κ1) is 17.8. The van der Waals surface area contributed by atoms with Crippen LogP contribution in [0, 0.1) is 11.3 Å². The summed E-state index contributed by atoms with van der Waals surface area (Å²) in [5, 5.41) is 8.85. The summed E-state index contributed by atoms with van der Waals surface area (Å²) in [6, 6.07) is 4.29. The summed E-state index contributed by atoms with van der Waals surface area (Å²) < 4.78 is 52.7. The van der Waals surface area contributed by atoms with Crippen molar-refractivity contribution in [3.05, 3.63) is 34.9 Å². The highest BCUT2D eigenvalue weighted by Gasteiger charge is 2.33. The molecule has 0 aliphatic rings. The number of hydrogen-bond donors (Lipinski definition) is 1. The molecule has 0 heterocycles. The topological polar surface area (TPSA) is 58.9 Å². The molecule has 0 amide bonds. The summed E-state index contributed by atoms with van der Waals surface area (Å²) in [7, 11) is 0.